The number of anilines is 3. The van der Waals surface area contributed by atoms with Crippen molar-refractivity contribution in [1.82, 2.24) is 4.90 Å². The molecule has 1 saturated heterocycles. The van der Waals surface area contributed by atoms with Gasteiger partial charge in [0.25, 0.3) is 0 Å². The highest BCUT2D eigenvalue weighted by Crippen LogP contribution is 2.23. The van der Waals surface area contributed by atoms with Gasteiger partial charge in [0.15, 0.2) is 0 Å². The minimum Gasteiger partial charge on any atom is -0.368 e. The minimum absolute atomic E-state index is 0.0162. The summed E-state index contributed by atoms with van der Waals surface area (Å²) in [6.45, 7) is 11.5. The number of nitrogens with zero attached hydrogens (tertiary/aromatic N) is 2. The Balaban J connectivity index is 1.49. The van der Waals surface area contributed by atoms with E-state index in [-0.39, 0.29) is 17.4 Å². The molecule has 1 aliphatic rings. The van der Waals surface area contributed by atoms with Crippen molar-refractivity contribution in [3.05, 3.63) is 54.1 Å². The summed E-state index contributed by atoms with van der Waals surface area (Å²) in [5.41, 5.74) is 3.86. The average molecular weight is 423 g/mol. The van der Waals surface area contributed by atoms with Gasteiger partial charge >= 0.3 is 6.03 Å². The predicted molar refractivity (Wildman–Crippen MR) is 128 cm³/mol. The summed E-state index contributed by atoms with van der Waals surface area (Å²) in [6.07, 6.45) is 1.55. The lowest BCUT2D eigenvalue weighted by Gasteiger charge is -2.37. The number of hydrogen-bond acceptors (Lipinski definition) is 3. The van der Waals surface area contributed by atoms with Gasteiger partial charge in [-0.25, -0.2) is 4.79 Å². The smallest absolute Gasteiger partial charge is 0.323 e. The van der Waals surface area contributed by atoms with Crippen molar-refractivity contribution < 1.29 is 9.59 Å². The molecule has 0 aliphatic carbocycles. The molecule has 0 atom stereocenters. The van der Waals surface area contributed by atoms with Crippen LogP contribution in [-0.2, 0) is 11.2 Å². The van der Waals surface area contributed by atoms with Crippen molar-refractivity contribution in [2.24, 2.45) is 5.41 Å². The highest BCUT2D eigenvalue weighted by Gasteiger charge is 2.24. The maximum atomic E-state index is 12.4. The highest BCUT2D eigenvalue weighted by molar-refractivity contribution is 5.99. The molecule has 31 heavy (non-hydrogen) atoms. The van der Waals surface area contributed by atoms with E-state index in [2.05, 4.69) is 43.2 Å². The van der Waals surface area contributed by atoms with Gasteiger partial charge in [-0.15, -0.1) is 0 Å². The third-order valence-electron chi connectivity index (χ3n) is 5.42. The number of amides is 3. The molecule has 0 saturated carbocycles. The second-order valence-electron chi connectivity index (χ2n) is 9.28. The third kappa shape index (κ3) is 6.74. The van der Waals surface area contributed by atoms with Crippen molar-refractivity contribution in [2.45, 2.75) is 40.5 Å². The summed E-state index contributed by atoms with van der Waals surface area (Å²) in [6, 6.07) is 15.4. The molecule has 0 aromatic heterocycles. The molecule has 2 N–H and O–H groups in total. The quantitative estimate of drug-likeness (QED) is 0.714. The summed E-state index contributed by atoms with van der Waals surface area (Å²) in [7, 11) is 0. The van der Waals surface area contributed by atoms with Crippen LogP contribution in [0.25, 0.3) is 0 Å². The van der Waals surface area contributed by atoms with Crippen LogP contribution in [0.5, 0.6) is 0 Å². The summed E-state index contributed by atoms with van der Waals surface area (Å²) in [5.74, 6) is 0.238. The first-order valence-electron chi connectivity index (χ1n) is 11.0. The zero-order chi connectivity index (χ0) is 22.4. The van der Waals surface area contributed by atoms with Crippen LogP contribution in [0.1, 0.15) is 39.7 Å². The monoisotopic (exact) mass is 422 g/mol. The Morgan fingerprint density at radius 2 is 1.35 bits per heavy atom. The molecule has 6 heteroatoms. The number of hydrogen-bond donors (Lipinski definition) is 2. The SMILES string of the molecule is CCc1ccc(NC(=O)Nc2ccc(N3CCN(C(=O)CC(C)(C)C)CC3)cc2)cc1. The fraction of sp³-hybridized carbons (Fsp3) is 0.440. The van der Waals surface area contributed by atoms with Crippen LogP contribution in [0.15, 0.2) is 48.5 Å². The second kappa shape index (κ2) is 9.86. The lowest BCUT2D eigenvalue weighted by molar-refractivity contribution is -0.133. The third-order valence-corrected chi connectivity index (χ3v) is 5.42. The van der Waals surface area contributed by atoms with E-state index in [1.54, 1.807) is 0 Å². The van der Waals surface area contributed by atoms with Gasteiger partial charge < -0.3 is 20.4 Å². The largest absolute Gasteiger partial charge is 0.368 e. The van der Waals surface area contributed by atoms with Crippen molar-refractivity contribution >= 4 is 29.0 Å². The summed E-state index contributed by atoms with van der Waals surface area (Å²) in [4.78, 5) is 28.9. The molecule has 1 heterocycles. The molecule has 0 spiro atoms. The first-order chi connectivity index (χ1) is 14.7. The van der Waals surface area contributed by atoms with E-state index >= 15 is 0 Å². The molecular formula is C25H34N4O2. The molecule has 166 valence electrons. The number of benzene rings is 2. The first-order valence-corrected chi connectivity index (χ1v) is 11.0. The van der Waals surface area contributed by atoms with Crippen molar-refractivity contribution in [3.8, 4) is 0 Å². The Kier molecular flexibility index (Phi) is 7.21. The van der Waals surface area contributed by atoms with Crippen LogP contribution in [0.2, 0.25) is 0 Å². The van der Waals surface area contributed by atoms with Crippen molar-refractivity contribution in [2.75, 3.05) is 41.7 Å². The zero-order valence-electron chi connectivity index (χ0n) is 19.1. The van der Waals surface area contributed by atoms with Gasteiger partial charge in [0, 0.05) is 49.7 Å². The number of carbonyl (C=O) groups excluding carboxylic acids is 2. The number of carbonyl (C=O) groups is 2. The molecule has 1 fully saturated rings. The van der Waals surface area contributed by atoms with E-state index < -0.39 is 0 Å². The average Bonchev–Trinajstić information content (AvgIpc) is 2.74. The molecule has 3 rings (SSSR count). The number of piperazine rings is 1. The number of urea groups is 1. The highest BCUT2D eigenvalue weighted by atomic mass is 16.2. The number of aryl methyl sites for hydroxylation is 1. The Morgan fingerprint density at radius 3 is 1.84 bits per heavy atom. The molecule has 6 nitrogen and oxygen atoms in total. The van der Waals surface area contributed by atoms with Crippen LogP contribution in [-0.4, -0.2) is 43.0 Å². The van der Waals surface area contributed by atoms with E-state index in [1.165, 1.54) is 5.56 Å². The lowest BCUT2D eigenvalue weighted by atomic mass is 9.91. The van der Waals surface area contributed by atoms with Gasteiger partial charge in [-0.1, -0.05) is 39.8 Å². The van der Waals surface area contributed by atoms with Crippen molar-refractivity contribution in [3.63, 3.8) is 0 Å². The standard InChI is InChI=1S/C25H34N4O2/c1-5-19-6-8-20(9-7-19)26-24(31)27-21-10-12-22(13-11-21)28-14-16-29(17-15-28)23(30)18-25(2,3)4/h6-13H,5,14-18H2,1-4H3,(H2,26,27,31). The van der Waals surface area contributed by atoms with E-state index in [0.29, 0.717) is 6.42 Å². The van der Waals surface area contributed by atoms with Gasteiger partial charge in [-0.05, 0) is 53.8 Å². The van der Waals surface area contributed by atoms with Gasteiger partial charge in [-0.2, -0.15) is 0 Å². The Bertz CT molecular complexity index is 877. The fourth-order valence-corrected chi connectivity index (χ4v) is 3.65. The van der Waals surface area contributed by atoms with E-state index in [1.807, 2.05) is 53.4 Å². The van der Waals surface area contributed by atoms with Crippen LogP contribution in [0, 0.1) is 5.41 Å². The fourth-order valence-electron chi connectivity index (χ4n) is 3.65. The molecule has 0 bridgehead atoms. The predicted octanol–water partition coefficient (Wildman–Crippen LogP) is 4.98. The van der Waals surface area contributed by atoms with Gasteiger partial charge in [0.2, 0.25) is 5.91 Å². The summed E-state index contributed by atoms with van der Waals surface area (Å²) >= 11 is 0. The van der Waals surface area contributed by atoms with Gasteiger partial charge in [0.05, 0.1) is 0 Å². The number of nitrogens with one attached hydrogen (secondary N) is 2. The topological polar surface area (TPSA) is 64.7 Å². The maximum Gasteiger partial charge on any atom is 0.323 e. The van der Waals surface area contributed by atoms with E-state index in [0.717, 1.165) is 49.7 Å². The normalized spacial score (nSPS) is 14.3. The summed E-state index contributed by atoms with van der Waals surface area (Å²) < 4.78 is 0. The summed E-state index contributed by atoms with van der Waals surface area (Å²) in [5, 5.41) is 5.72. The van der Waals surface area contributed by atoms with Crippen LogP contribution < -0.4 is 15.5 Å². The maximum absolute atomic E-state index is 12.4. The van der Waals surface area contributed by atoms with E-state index in [9.17, 15) is 9.59 Å². The molecule has 1 aliphatic heterocycles. The van der Waals surface area contributed by atoms with Crippen LogP contribution >= 0.6 is 0 Å². The molecule has 3 amide bonds. The molecular weight excluding hydrogens is 388 g/mol. The number of rotatable bonds is 5. The van der Waals surface area contributed by atoms with Crippen molar-refractivity contribution in [1.29, 1.82) is 0 Å². The Labute approximate surface area is 185 Å². The molecule has 2 aromatic rings. The molecule has 2 aromatic carbocycles. The minimum atomic E-state index is -0.261. The molecule has 0 radical (unpaired) electrons. The van der Waals surface area contributed by atoms with Gasteiger partial charge in [0.1, 0.15) is 0 Å². The van der Waals surface area contributed by atoms with E-state index in [4.69, 9.17) is 0 Å². The van der Waals surface area contributed by atoms with Crippen LogP contribution in [0.4, 0.5) is 21.9 Å². The second-order valence-corrected chi connectivity index (χ2v) is 9.28. The Morgan fingerprint density at radius 1 is 0.839 bits per heavy atom. The van der Waals surface area contributed by atoms with Gasteiger partial charge in [-0.3, -0.25) is 4.79 Å². The van der Waals surface area contributed by atoms with Crippen LogP contribution in [0.3, 0.4) is 0 Å². The Hall–Kier alpha value is -3.02. The molecule has 0 unspecified atom stereocenters. The lowest BCUT2D eigenvalue weighted by Crippen LogP contribution is -2.49. The first kappa shape index (κ1) is 22.7. The zero-order valence-corrected chi connectivity index (χ0v) is 19.1.